The average Bonchev–Trinajstić information content (AvgIpc) is 2.46. The number of anilines is 1. The molecule has 0 unspecified atom stereocenters. The van der Waals surface area contributed by atoms with Crippen LogP contribution in [0.15, 0.2) is 30.3 Å². The zero-order chi connectivity index (χ0) is 14.5. The highest BCUT2D eigenvalue weighted by molar-refractivity contribution is 6.03. The third-order valence-electron chi connectivity index (χ3n) is 2.60. The molecular formula is C14H15N3O3. The van der Waals surface area contributed by atoms with Gasteiger partial charge in [0.2, 0.25) is 17.7 Å². The Hall–Kier alpha value is -2.63. The summed E-state index contributed by atoms with van der Waals surface area (Å²) in [7, 11) is 2.96. The van der Waals surface area contributed by atoms with Gasteiger partial charge in [0.15, 0.2) is 0 Å². The van der Waals surface area contributed by atoms with Crippen molar-refractivity contribution in [2.75, 3.05) is 19.5 Å². The first-order valence-corrected chi connectivity index (χ1v) is 5.97. The van der Waals surface area contributed by atoms with E-state index in [1.54, 1.807) is 12.1 Å². The van der Waals surface area contributed by atoms with Gasteiger partial charge in [0.25, 0.3) is 5.91 Å². The summed E-state index contributed by atoms with van der Waals surface area (Å²) in [4.78, 5) is 20.2. The molecule has 20 heavy (non-hydrogen) atoms. The van der Waals surface area contributed by atoms with Crippen LogP contribution in [0, 0.1) is 6.92 Å². The second-order valence-electron chi connectivity index (χ2n) is 4.10. The first-order valence-electron chi connectivity index (χ1n) is 5.97. The summed E-state index contributed by atoms with van der Waals surface area (Å²) in [5.74, 6) is 0.476. The third kappa shape index (κ3) is 3.23. The number of hydrogen-bond donors (Lipinski definition) is 1. The Kier molecular flexibility index (Phi) is 4.14. The second-order valence-corrected chi connectivity index (χ2v) is 4.10. The highest BCUT2D eigenvalue weighted by Crippen LogP contribution is 2.17. The van der Waals surface area contributed by atoms with Crippen LogP contribution in [-0.2, 0) is 0 Å². The van der Waals surface area contributed by atoms with Gasteiger partial charge < -0.3 is 9.47 Å². The number of aryl methyl sites for hydroxylation is 1. The van der Waals surface area contributed by atoms with Gasteiger partial charge in [0.05, 0.1) is 20.3 Å². The minimum absolute atomic E-state index is 0.132. The summed E-state index contributed by atoms with van der Waals surface area (Å²) < 4.78 is 10.0. The number of benzene rings is 1. The molecule has 0 saturated carbocycles. The molecule has 0 bridgehead atoms. The van der Waals surface area contributed by atoms with Gasteiger partial charge in [-0.05, 0) is 19.1 Å². The largest absolute Gasteiger partial charge is 0.481 e. The Morgan fingerprint density at radius 2 is 1.75 bits per heavy atom. The van der Waals surface area contributed by atoms with Crippen molar-refractivity contribution in [3.63, 3.8) is 0 Å². The van der Waals surface area contributed by atoms with Crippen molar-refractivity contribution in [3.05, 3.63) is 41.5 Å². The summed E-state index contributed by atoms with van der Waals surface area (Å²) in [6, 6.07) is 8.77. The molecule has 0 radical (unpaired) electrons. The van der Waals surface area contributed by atoms with Gasteiger partial charge >= 0.3 is 0 Å². The van der Waals surface area contributed by atoms with E-state index in [0.29, 0.717) is 17.3 Å². The van der Waals surface area contributed by atoms with Crippen LogP contribution in [0.25, 0.3) is 0 Å². The number of ether oxygens (including phenoxy) is 2. The summed E-state index contributed by atoms with van der Waals surface area (Å²) in [5.41, 5.74) is 1.54. The Balaban J connectivity index is 2.23. The monoisotopic (exact) mass is 273 g/mol. The molecule has 0 fully saturated rings. The Bertz CT molecular complexity index is 607. The molecule has 2 rings (SSSR count). The fraction of sp³-hybridized carbons (Fsp3) is 0.214. The number of carbonyl (C=O) groups excluding carboxylic acids is 1. The molecule has 1 aromatic carbocycles. The number of aromatic nitrogens is 2. The van der Waals surface area contributed by atoms with E-state index < -0.39 is 0 Å². The molecule has 0 aliphatic heterocycles. The zero-order valence-electron chi connectivity index (χ0n) is 11.5. The van der Waals surface area contributed by atoms with E-state index in [2.05, 4.69) is 15.3 Å². The molecule has 1 heterocycles. The minimum atomic E-state index is -0.288. The first-order chi connectivity index (χ1) is 9.62. The lowest BCUT2D eigenvalue weighted by Gasteiger charge is -2.07. The highest BCUT2D eigenvalue weighted by Gasteiger charge is 2.10. The van der Waals surface area contributed by atoms with Crippen molar-refractivity contribution in [2.24, 2.45) is 0 Å². The number of hydrogen-bond acceptors (Lipinski definition) is 5. The van der Waals surface area contributed by atoms with Gasteiger partial charge in [-0.3, -0.25) is 10.1 Å². The maximum absolute atomic E-state index is 12.1. The second kappa shape index (κ2) is 6.01. The van der Waals surface area contributed by atoms with E-state index in [1.165, 1.54) is 20.3 Å². The number of methoxy groups -OCH3 is 2. The fourth-order valence-corrected chi connectivity index (χ4v) is 1.63. The SMILES string of the molecule is COc1cc(OC)nc(NC(=O)c2cccc(C)c2)n1. The molecule has 0 spiro atoms. The van der Waals surface area contributed by atoms with Crippen molar-refractivity contribution in [3.8, 4) is 11.8 Å². The maximum atomic E-state index is 12.1. The summed E-state index contributed by atoms with van der Waals surface area (Å²) in [6.45, 7) is 1.92. The standard InChI is InChI=1S/C14H15N3O3/c1-9-5-4-6-10(7-9)13(18)17-14-15-11(19-2)8-12(16-14)20-3/h4-8H,1-3H3,(H,15,16,17,18). The number of rotatable bonds is 4. The molecule has 0 atom stereocenters. The topological polar surface area (TPSA) is 73.3 Å². The molecule has 0 saturated heterocycles. The van der Waals surface area contributed by atoms with Gasteiger partial charge in [-0.15, -0.1) is 0 Å². The van der Waals surface area contributed by atoms with E-state index in [9.17, 15) is 4.79 Å². The van der Waals surface area contributed by atoms with Crippen LogP contribution >= 0.6 is 0 Å². The lowest BCUT2D eigenvalue weighted by Crippen LogP contribution is -2.14. The van der Waals surface area contributed by atoms with Crippen molar-refractivity contribution in [2.45, 2.75) is 6.92 Å². The molecule has 104 valence electrons. The van der Waals surface area contributed by atoms with Gasteiger partial charge in [-0.25, -0.2) is 0 Å². The molecule has 1 N–H and O–H groups in total. The number of amides is 1. The third-order valence-corrected chi connectivity index (χ3v) is 2.60. The van der Waals surface area contributed by atoms with Crippen molar-refractivity contribution in [1.29, 1.82) is 0 Å². The van der Waals surface area contributed by atoms with Crippen molar-refractivity contribution in [1.82, 2.24) is 9.97 Å². The molecule has 1 amide bonds. The number of carbonyl (C=O) groups is 1. The minimum Gasteiger partial charge on any atom is -0.481 e. The predicted octanol–water partition coefficient (Wildman–Crippen LogP) is 2.05. The van der Waals surface area contributed by atoms with Crippen molar-refractivity contribution < 1.29 is 14.3 Å². The lowest BCUT2D eigenvalue weighted by atomic mass is 10.1. The van der Waals surface area contributed by atoms with E-state index in [4.69, 9.17) is 9.47 Å². The van der Waals surface area contributed by atoms with Crippen LogP contribution < -0.4 is 14.8 Å². The predicted molar refractivity (Wildman–Crippen MR) is 74.3 cm³/mol. The Morgan fingerprint density at radius 3 is 2.30 bits per heavy atom. The van der Waals surface area contributed by atoms with E-state index in [0.717, 1.165) is 5.56 Å². The van der Waals surface area contributed by atoms with Gasteiger partial charge in [-0.1, -0.05) is 17.7 Å². The van der Waals surface area contributed by atoms with Gasteiger partial charge in [0, 0.05) is 5.56 Å². The molecule has 6 heteroatoms. The molecular weight excluding hydrogens is 258 g/mol. The molecule has 0 aliphatic carbocycles. The fourth-order valence-electron chi connectivity index (χ4n) is 1.63. The number of nitrogens with one attached hydrogen (secondary N) is 1. The van der Waals surface area contributed by atoms with E-state index >= 15 is 0 Å². The smallest absolute Gasteiger partial charge is 0.258 e. The zero-order valence-corrected chi connectivity index (χ0v) is 11.5. The van der Waals surface area contributed by atoms with Crippen LogP contribution in [0.5, 0.6) is 11.8 Å². The van der Waals surface area contributed by atoms with E-state index in [-0.39, 0.29) is 11.9 Å². The molecule has 2 aromatic rings. The average molecular weight is 273 g/mol. The van der Waals surface area contributed by atoms with Gasteiger partial charge in [-0.2, -0.15) is 9.97 Å². The molecule has 0 aliphatic rings. The van der Waals surface area contributed by atoms with Crippen LogP contribution in [0.1, 0.15) is 15.9 Å². The normalized spacial score (nSPS) is 9.95. The Labute approximate surface area is 116 Å². The van der Waals surface area contributed by atoms with Gasteiger partial charge in [0.1, 0.15) is 0 Å². The van der Waals surface area contributed by atoms with Crippen LogP contribution in [0.3, 0.4) is 0 Å². The van der Waals surface area contributed by atoms with Crippen LogP contribution in [0.2, 0.25) is 0 Å². The van der Waals surface area contributed by atoms with Crippen molar-refractivity contribution >= 4 is 11.9 Å². The highest BCUT2D eigenvalue weighted by atomic mass is 16.5. The van der Waals surface area contributed by atoms with Crippen LogP contribution in [0.4, 0.5) is 5.95 Å². The quantitative estimate of drug-likeness (QED) is 0.923. The maximum Gasteiger partial charge on any atom is 0.258 e. The summed E-state index contributed by atoms with van der Waals surface area (Å²) in [5, 5.41) is 2.61. The first kappa shape index (κ1) is 13.8. The summed E-state index contributed by atoms with van der Waals surface area (Å²) in [6.07, 6.45) is 0. The van der Waals surface area contributed by atoms with E-state index in [1.807, 2.05) is 19.1 Å². The number of nitrogens with zero attached hydrogens (tertiary/aromatic N) is 2. The van der Waals surface area contributed by atoms with Crippen LogP contribution in [-0.4, -0.2) is 30.1 Å². The lowest BCUT2D eigenvalue weighted by molar-refractivity contribution is 0.102. The molecule has 1 aromatic heterocycles. The summed E-state index contributed by atoms with van der Waals surface area (Å²) >= 11 is 0. The molecule has 6 nitrogen and oxygen atoms in total. The Morgan fingerprint density at radius 1 is 1.10 bits per heavy atom.